The summed E-state index contributed by atoms with van der Waals surface area (Å²) >= 11 is 0. The summed E-state index contributed by atoms with van der Waals surface area (Å²) in [6.07, 6.45) is 3.51. The Morgan fingerprint density at radius 3 is 2.89 bits per heavy atom. The number of aryl methyl sites for hydroxylation is 2. The molecule has 0 bridgehead atoms. The van der Waals surface area contributed by atoms with Crippen molar-refractivity contribution in [1.29, 1.82) is 0 Å². The van der Waals surface area contributed by atoms with Gasteiger partial charge in [0.25, 0.3) is 0 Å². The first kappa shape index (κ1) is 13.9. The van der Waals surface area contributed by atoms with Gasteiger partial charge in [-0.15, -0.1) is 0 Å². The zero-order chi connectivity index (χ0) is 13.8. The van der Waals surface area contributed by atoms with E-state index >= 15 is 0 Å². The number of rotatable bonds is 4. The molecule has 2 heterocycles. The molecule has 2 rings (SSSR count). The summed E-state index contributed by atoms with van der Waals surface area (Å²) in [6.45, 7) is 2.97. The van der Waals surface area contributed by atoms with Gasteiger partial charge in [0.05, 0.1) is 5.69 Å². The highest BCUT2D eigenvalue weighted by molar-refractivity contribution is 5.75. The summed E-state index contributed by atoms with van der Waals surface area (Å²) in [5, 5.41) is 3.44. The van der Waals surface area contributed by atoms with Crippen LogP contribution < -0.4 is 5.32 Å². The fourth-order valence-electron chi connectivity index (χ4n) is 2.36. The highest BCUT2D eigenvalue weighted by Gasteiger charge is 2.18. The maximum absolute atomic E-state index is 11.6. The van der Waals surface area contributed by atoms with Gasteiger partial charge >= 0.3 is 0 Å². The Morgan fingerprint density at radius 1 is 1.47 bits per heavy atom. The molecule has 1 aliphatic rings. The van der Waals surface area contributed by atoms with E-state index in [0.717, 1.165) is 30.2 Å². The molecule has 1 N–H and O–H groups in total. The van der Waals surface area contributed by atoms with Crippen LogP contribution in [0.15, 0.2) is 6.07 Å². The van der Waals surface area contributed by atoms with Crippen molar-refractivity contribution in [2.75, 3.05) is 20.6 Å². The lowest BCUT2D eigenvalue weighted by Gasteiger charge is -2.13. The predicted molar refractivity (Wildman–Crippen MR) is 73.8 cm³/mol. The Hall–Kier alpha value is -1.49. The fraction of sp³-hybridized carbons (Fsp3) is 0.643. The van der Waals surface area contributed by atoms with Crippen molar-refractivity contribution >= 4 is 5.91 Å². The highest BCUT2D eigenvalue weighted by atomic mass is 16.2. The molecule has 1 amide bonds. The van der Waals surface area contributed by atoms with Gasteiger partial charge < -0.3 is 10.2 Å². The number of hydrogen-bond donors (Lipinski definition) is 1. The lowest BCUT2D eigenvalue weighted by Crippen LogP contribution is -2.22. The molecule has 19 heavy (non-hydrogen) atoms. The van der Waals surface area contributed by atoms with Crippen molar-refractivity contribution in [3.8, 4) is 0 Å². The van der Waals surface area contributed by atoms with Crippen molar-refractivity contribution in [2.24, 2.45) is 0 Å². The predicted octanol–water partition coefficient (Wildman–Crippen LogP) is 1.23. The van der Waals surface area contributed by atoms with Gasteiger partial charge in [0.15, 0.2) is 0 Å². The van der Waals surface area contributed by atoms with Gasteiger partial charge in [0, 0.05) is 32.3 Å². The van der Waals surface area contributed by atoms with E-state index in [1.54, 1.807) is 19.0 Å². The van der Waals surface area contributed by atoms with Crippen LogP contribution in [0.4, 0.5) is 0 Å². The normalized spacial score (nSPS) is 18.6. The van der Waals surface area contributed by atoms with E-state index < -0.39 is 0 Å². The summed E-state index contributed by atoms with van der Waals surface area (Å²) in [6, 6.07) is 2.39. The highest BCUT2D eigenvalue weighted by Crippen LogP contribution is 2.22. The molecule has 0 saturated carbocycles. The van der Waals surface area contributed by atoms with Crippen LogP contribution in [-0.4, -0.2) is 41.4 Å². The molecule has 1 unspecified atom stereocenters. The maximum atomic E-state index is 11.6. The maximum Gasteiger partial charge on any atom is 0.222 e. The first-order valence-corrected chi connectivity index (χ1v) is 6.84. The smallest absolute Gasteiger partial charge is 0.222 e. The second-order valence-electron chi connectivity index (χ2n) is 5.27. The second kappa shape index (κ2) is 6.10. The minimum absolute atomic E-state index is 0.136. The molecular formula is C14H22N4O. The molecule has 5 nitrogen and oxygen atoms in total. The minimum atomic E-state index is 0.136. The van der Waals surface area contributed by atoms with Gasteiger partial charge in [0.2, 0.25) is 5.91 Å². The summed E-state index contributed by atoms with van der Waals surface area (Å²) in [5.74, 6) is 0.926. The van der Waals surface area contributed by atoms with Crippen LogP contribution in [0.2, 0.25) is 0 Å². The van der Waals surface area contributed by atoms with Crippen molar-refractivity contribution in [1.82, 2.24) is 20.2 Å². The van der Waals surface area contributed by atoms with Crippen molar-refractivity contribution in [2.45, 2.75) is 38.6 Å². The average Bonchev–Trinajstić information content (AvgIpc) is 2.89. The topological polar surface area (TPSA) is 58.1 Å². The third-order valence-corrected chi connectivity index (χ3v) is 3.42. The SMILES string of the molecule is Cc1nc(CCC(=O)N(C)C)cc(C2CCCN2)n1. The first-order chi connectivity index (χ1) is 9.06. The number of carbonyl (C=O) groups is 1. The van der Waals surface area contributed by atoms with Gasteiger partial charge in [-0.3, -0.25) is 4.79 Å². The Labute approximate surface area is 114 Å². The van der Waals surface area contributed by atoms with Crippen LogP contribution in [0.25, 0.3) is 0 Å². The molecule has 1 aromatic heterocycles. The van der Waals surface area contributed by atoms with Gasteiger partial charge in [0.1, 0.15) is 5.82 Å². The second-order valence-corrected chi connectivity index (χ2v) is 5.27. The molecular weight excluding hydrogens is 240 g/mol. The Kier molecular flexibility index (Phi) is 4.47. The summed E-state index contributed by atoms with van der Waals surface area (Å²) in [5.41, 5.74) is 2.03. The Balaban J connectivity index is 2.06. The van der Waals surface area contributed by atoms with E-state index in [4.69, 9.17) is 0 Å². The number of aromatic nitrogens is 2. The molecule has 1 fully saturated rings. The average molecular weight is 262 g/mol. The molecule has 1 aromatic rings. The van der Waals surface area contributed by atoms with Crippen molar-refractivity contribution < 1.29 is 4.79 Å². The van der Waals surface area contributed by atoms with Crippen molar-refractivity contribution in [3.63, 3.8) is 0 Å². The van der Waals surface area contributed by atoms with Crippen LogP contribution in [0.3, 0.4) is 0 Å². The van der Waals surface area contributed by atoms with Crippen LogP contribution in [0.5, 0.6) is 0 Å². The number of carbonyl (C=O) groups excluding carboxylic acids is 1. The molecule has 0 aromatic carbocycles. The molecule has 5 heteroatoms. The summed E-state index contributed by atoms with van der Waals surface area (Å²) in [4.78, 5) is 22.2. The minimum Gasteiger partial charge on any atom is -0.349 e. The zero-order valence-corrected chi connectivity index (χ0v) is 11.9. The van der Waals surface area contributed by atoms with Gasteiger partial charge in [-0.05, 0) is 38.8 Å². The van der Waals surface area contributed by atoms with E-state index in [1.807, 2.05) is 13.0 Å². The molecule has 0 radical (unpaired) electrons. The van der Waals surface area contributed by atoms with E-state index in [2.05, 4.69) is 15.3 Å². The molecule has 0 spiro atoms. The Bertz CT molecular complexity index is 453. The number of nitrogens with one attached hydrogen (secondary N) is 1. The van der Waals surface area contributed by atoms with E-state index in [0.29, 0.717) is 18.9 Å². The molecule has 104 valence electrons. The van der Waals surface area contributed by atoms with E-state index in [9.17, 15) is 4.79 Å². The summed E-state index contributed by atoms with van der Waals surface area (Å²) < 4.78 is 0. The standard InChI is InChI=1S/C14H22N4O/c1-10-16-11(6-7-14(19)18(2)3)9-13(17-10)12-5-4-8-15-12/h9,12,15H,4-8H2,1-3H3. The van der Waals surface area contributed by atoms with Gasteiger partial charge in [-0.1, -0.05) is 0 Å². The van der Waals surface area contributed by atoms with E-state index in [-0.39, 0.29) is 5.91 Å². The van der Waals surface area contributed by atoms with Crippen LogP contribution in [-0.2, 0) is 11.2 Å². The largest absolute Gasteiger partial charge is 0.349 e. The van der Waals surface area contributed by atoms with Crippen molar-refractivity contribution in [3.05, 3.63) is 23.3 Å². The number of hydrogen-bond acceptors (Lipinski definition) is 4. The summed E-state index contributed by atoms with van der Waals surface area (Å²) in [7, 11) is 3.56. The van der Waals surface area contributed by atoms with Gasteiger partial charge in [-0.2, -0.15) is 0 Å². The van der Waals surface area contributed by atoms with Crippen LogP contribution >= 0.6 is 0 Å². The molecule has 1 aliphatic heterocycles. The monoisotopic (exact) mass is 262 g/mol. The lowest BCUT2D eigenvalue weighted by atomic mass is 10.1. The lowest BCUT2D eigenvalue weighted by molar-refractivity contribution is -0.128. The molecule has 1 saturated heterocycles. The fourth-order valence-corrected chi connectivity index (χ4v) is 2.36. The Morgan fingerprint density at radius 2 is 2.26 bits per heavy atom. The van der Waals surface area contributed by atoms with Gasteiger partial charge in [-0.25, -0.2) is 9.97 Å². The number of amides is 1. The quantitative estimate of drug-likeness (QED) is 0.886. The van der Waals surface area contributed by atoms with E-state index in [1.165, 1.54) is 6.42 Å². The number of nitrogens with zero attached hydrogens (tertiary/aromatic N) is 3. The van der Waals surface area contributed by atoms with Crippen LogP contribution in [0.1, 0.15) is 42.5 Å². The first-order valence-electron chi connectivity index (χ1n) is 6.84. The zero-order valence-electron chi connectivity index (χ0n) is 11.9. The molecule has 1 atom stereocenters. The molecule has 0 aliphatic carbocycles. The third kappa shape index (κ3) is 3.73. The van der Waals surface area contributed by atoms with Crippen LogP contribution in [0, 0.1) is 6.92 Å². The third-order valence-electron chi connectivity index (χ3n) is 3.42.